The maximum Gasteiger partial charge on any atom is 0.240 e. The highest BCUT2D eigenvalue weighted by molar-refractivity contribution is 7.89. The molecule has 0 radical (unpaired) electrons. The SMILES string of the molecule is Cc1ccc(S(=O)(=O)N[C@H](CN(O)Cc2ccccc2)C(C)C)cc1. The van der Waals surface area contributed by atoms with E-state index in [1.165, 1.54) is 0 Å². The third-order valence-electron chi connectivity index (χ3n) is 4.06. The molecular weight excluding hydrogens is 336 g/mol. The topological polar surface area (TPSA) is 69.6 Å². The molecule has 0 saturated heterocycles. The van der Waals surface area contributed by atoms with Crippen LogP contribution in [0.25, 0.3) is 0 Å². The van der Waals surface area contributed by atoms with Crippen molar-refractivity contribution in [3.05, 3.63) is 65.7 Å². The van der Waals surface area contributed by atoms with E-state index in [1.54, 1.807) is 24.3 Å². The number of benzene rings is 2. The normalized spacial score (nSPS) is 13.4. The minimum atomic E-state index is -3.63. The molecule has 0 heterocycles. The first kappa shape index (κ1) is 19.6. The Bertz CT molecular complexity index is 759. The zero-order valence-corrected chi connectivity index (χ0v) is 15.7. The van der Waals surface area contributed by atoms with Crippen LogP contribution in [0.15, 0.2) is 59.5 Å². The Hall–Kier alpha value is -1.73. The number of sulfonamides is 1. The van der Waals surface area contributed by atoms with Crippen molar-refractivity contribution < 1.29 is 13.6 Å². The first-order chi connectivity index (χ1) is 11.8. The van der Waals surface area contributed by atoms with Gasteiger partial charge in [0.25, 0.3) is 0 Å². The first-order valence-electron chi connectivity index (χ1n) is 8.34. The zero-order valence-electron chi connectivity index (χ0n) is 14.9. The summed E-state index contributed by atoms with van der Waals surface area (Å²) in [5.41, 5.74) is 1.97. The quantitative estimate of drug-likeness (QED) is 0.708. The fourth-order valence-corrected chi connectivity index (χ4v) is 3.83. The van der Waals surface area contributed by atoms with Gasteiger partial charge in [0.2, 0.25) is 10.0 Å². The van der Waals surface area contributed by atoms with Gasteiger partial charge in [0, 0.05) is 19.1 Å². The highest BCUT2D eigenvalue weighted by Gasteiger charge is 2.24. The van der Waals surface area contributed by atoms with Crippen molar-refractivity contribution in [2.45, 2.75) is 38.3 Å². The number of nitrogens with one attached hydrogen (secondary N) is 1. The monoisotopic (exact) mass is 362 g/mol. The average molecular weight is 362 g/mol. The highest BCUT2D eigenvalue weighted by atomic mass is 32.2. The molecule has 0 unspecified atom stereocenters. The van der Waals surface area contributed by atoms with E-state index >= 15 is 0 Å². The van der Waals surface area contributed by atoms with Gasteiger partial charge in [-0.05, 0) is 30.5 Å². The van der Waals surface area contributed by atoms with E-state index in [2.05, 4.69) is 4.72 Å². The molecule has 0 aromatic heterocycles. The lowest BCUT2D eigenvalue weighted by atomic mass is 10.1. The minimum absolute atomic E-state index is 0.0330. The maximum absolute atomic E-state index is 12.6. The molecule has 0 saturated carbocycles. The fourth-order valence-electron chi connectivity index (χ4n) is 2.45. The molecule has 2 N–H and O–H groups in total. The van der Waals surface area contributed by atoms with Crippen molar-refractivity contribution >= 4 is 10.0 Å². The van der Waals surface area contributed by atoms with Crippen molar-refractivity contribution in [1.82, 2.24) is 9.79 Å². The van der Waals surface area contributed by atoms with Crippen molar-refractivity contribution in [2.24, 2.45) is 5.92 Å². The van der Waals surface area contributed by atoms with Crippen LogP contribution in [-0.2, 0) is 16.6 Å². The summed E-state index contributed by atoms with van der Waals surface area (Å²) in [5.74, 6) is 0.0330. The van der Waals surface area contributed by atoms with Gasteiger partial charge in [-0.25, -0.2) is 13.1 Å². The molecule has 1 atom stereocenters. The summed E-state index contributed by atoms with van der Waals surface area (Å²) in [6, 6.07) is 15.9. The second-order valence-corrected chi connectivity index (χ2v) is 8.33. The Morgan fingerprint density at radius 2 is 1.64 bits per heavy atom. The molecule has 136 valence electrons. The van der Waals surface area contributed by atoms with E-state index in [0.717, 1.165) is 16.2 Å². The zero-order chi connectivity index (χ0) is 18.4. The molecule has 6 heteroatoms. The number of hydroxylamine groups is 2. The number of nitrogens with zero attached hydrogens (tertiary/aromatic N) is 1. The first-order valence-corrected chi connectivity index (χ1v) is 9.83. The lowest BCUT2D eigenvalue weighted by Crippen LogP contribution is -2.45. The molecular formula is C19H26N2O3S. The Kier molecular flexibility index (Phi) is 6.72. The van der Waals surface area contributed by atoms with Crippen LogP contribution >= 0.6 is 0 Å². The lowest BCUT2D eigenvalue weighted by molar-refractivity contribution is -0.106. The predicted molar refractivity (Wildman–Crippen MR) is 98.8 cm³/mol. The molecule has 0 bridgehead atoms. The minimum Gasteiger partial charge on any atom is -0.314 e. The molecule has 2 rings (SSSR count). The molecule has 0 spiro atoms. The summed E-state index contributed by atoms with van der Waals surface area (Å²) in [6.07, 6.45) is 0. The van der Waals surface area contributed by atoms with E-state index in [0.29, 0.717) is 6.54 Å². The Labute approximate surface area is 150 Å². The standard InChI is InChI=1S/C19H26N2O3S/c1-15(2)19(14-21(22)13-17-7-5-4-6-8-17)20-25(23,24)18-11-9-16(3)10-12-18/h4-12,15,19-20,22H,13-14H2,1-3H3/t19-/m1/s1. The summed E-state index contributed by atoms with van der Waals surface area (Å²) in [6.45, 7) is 6.32. The summed E-state index contributed by atoms with van der Waals surface area (Å²) in [4.78, 5) is 0.233. The fraction of sp³-hybridized carbons (Fsp3) is 0.368. The van der Waals surface area contributed by atoms with Crippen molar-refractivity contribution in [3.63, 3.8) is 0 Å². The Morgan fingerprint density at radius 3 is 2.20 bits per heavy atom. The van der Waals surface area contributed by atoms with E-state index in [4.69, 9.17) is 0 Å². The number of hydrogen-bond acceptors (Lipinski definition) is 4. The van der Waals surface area contributed by atoms with Crippen LogP contribution in [0, 0.1) is 12.8 Å². The van der Waals surface area contributed by atoms with Crippen molar-refractivity contribution in [1.29, 1.82) is 0 Å². The molecule has 2 aromatic carbocycles. The molecule has 0 amide bonds. The summed E-state index contributed by atoms with van der Waals surface area (Å²) in [7, 11) is -3.63. The van der Waals surface area contributed by atoms with Gasteiger partial charge in [-0.2, -0.15) is 5.06 Å². The maximum atomic E-state index is 12.6. The molecule has 25 heavy (non-hydrogen) atoms. The Morgan fingerprint density at radius 1 is 1.04 bits per heavy atom. The van der Waals surface area contributed by atoms with E-state index in [1.807, 2.05) is 51.1 Å². The van der Waals surface area contributed by atoms with Gasteiger partial charge in [-0.3, -0.25) is 0 Å². The van der Waals surface area contributed by atoms with E-state index < -0.39 is 16.1 Å². The molecule has 2 aromatic rings. The lowest BCUT2D eigenvalue weighted by Gasteiger charge is -2.26. The van der Waals surface area contributed by atoms with Crippen LogP contribution in [0.4, 0.5) is 0 Å². The second kappa shape index (κ2) is 8.58. The van der Waals surface area contributed by atoms with Gasteiger partial charge in [0.15, 0.2) is 0 Å². The molecule has 0 aliphatic carbocycles. The van der Waals surface area contributed by atoms with Crippen LogP contribution in [-0.4, -0.2) is 31.3 Å². The van der Waals surface area contributed by atoms with Gasteiger partial charge in [-0.1, -0.05) is 61.9 Å². The van der Waals surface area contributed by atoms with Gasteiger partial charge < -0.3 is 5.21 Å². The Balaban J connectivity index is 2.06. The molecule has 0 aliphatic rings. The van der Waals surface area contributed by atoms with E-state index in [-0.39, 0.29) is 17.4 Å². The van der Waals surface area contributed by atoms with E-state index in [9.17, 15) is 13.6 Å². The second-order valence-electron chi connectivity index (χ2n) is 6.62. The van der Waals surface area contributed by atoms with Gasteiger partial charge in [0.1, 0.15) is 0 Å². The van der Waals surface area contributed by atoms with Crippen molar-refractivity contribution in [3.8, 4) is 0 Å². The largest absolute Gasteiger partial charge is 0.314 e. The predicted octanol–water partition coefficient (Wildman–Crippen LogP) is 3.19. The summed E-state index contributed by atoms with van der Waals surface area (Å²) >= 11 is 0. The number of hydrogen-bond donors (Lipinski definition) is 2. The average Bonchev–Trinajstić information content (AvgIpc) is 2.55. The van der Waals surface area contributed by atoms with Crippen LogP contribution < -0.4 is 4.72 Å². The van der Waals surface area contributed by atoms with Crippen LogP contribution in [0.1, 0.15) is 25.0 Å². The molecule has 5 nitrogen and oxygen atoms in total. The van der Waals surface area contributed by atoms with Crippen LogP contribution in [0.2, 0.25) is 0 Å². The third kappa shape index (κ3) is 5.93. The smallest absolute Gasteiger partial charge is 0.240 e. The summed E-state index contributed by atoms with van der Waals surface area (Å²) < 4.78 is 27.9. The highest BCUT2D eigenvalue weighted by Crippen LogP contribution is 2.14. The van der Waals surface area contributed by atoms with Gasteiger partial charge >= 0.3 is 0 Å². The molecule has 0 fully saturated rings. The van der Waals surface area contributed by atoms with Gasteiger partial charge in [0.05, 0.1) is 4.90 Å². The molecule has 0 aliphatic heterocycles. The van der Waals surface area contributed by atoms with Crippen LogP contribution in [0.3, 0.4) is 0 Å². The van der Waals surface area contributed by atoms with Crippen LogP contribution in [0.5, 0.6) is 0 Å². The summed E-state index contributed by atoms with van der Waals surface area (Å²) in [5, 5.41) is 11.4. The van der Waals surface area contributed by atoms with Gasteiger partial charge in [-0.15, -0.1) is 0 Å². The van der Waals surface area contributed by atoms with Crippen molar-refractivity contribution in [2.75, 3.05) is 6.54 Å². The number of rotatable bonds is 8. The third-order valence-corrected chi connectivity index (χ3v) is 5.56. The number of aryl methyl sites for hydroxylation is 1.